The first-order chi connectivity index (χ1) is 11.2. The largest absolute Gasteiger partial charge is 0.480 e. The standard InChI is InChI=1S/C15H22N2O6S/c1-3-12(10-5-7-11(8-6-10)16-4-2)14(18)17-13(15(19)20)9-24(21,22)23/h5-8,12-13,16H,3-4,9H2,1-2H3,(H,17,18)(H,19,20)(H,21,22,23). The maximum Gasteiger partial charge on any atom is 0.327 e. The van der Waals surface area contributed by atoms with Crippen LogP contribution in [0.25, 0.3) is 0 Å². The Morgan fingerprint density at radius 1 is 1.17 bits per heavy atom. The lowest BCUT2D eigenvalue weighted by atomic mass is 9.95. The molecule has 4 N–H and O–H groups in total. The molecule has 0 aliphatic carbocycles. The summed E-state index contributed by atoms with van der Waals surface area (Å²) in [7, 11) is -4.53. The second kappa shape index (κ2) is 8.65. The number of hydrogen-bond donors (Lipinski definition) is 4. The molecule has 0 heterocycles. The predicted molar refractivity (Wildman–Crippen MR) is 89.6 cm³/mol. The summed E-state index contributed by atoms with van der Waals surface area (Å²) in [6.07, 6.45) is 0.407. The van der Waals surface area contributed by atoms with Crippen molar-refractivity contribution in [3.8, 4) is 0 Å². The Morgan fingerprint density at radius 3 is 2.17 bits per heavy atom. The SMILES string of the molecule is CCNc1ccc(C(CC)C(=O)NC(CS(=O)(=O)O)C(=O)O)cc1. The van der Waals surface area contributed by atoms with E-state index in [-0.39, 0.29) is 0 Å². The number of rotatable bonds is 9. The number of carboxylic acids is 1. The lowest BCUT2D eigenvalue weighted by Crippen LogP contribution is -2.46. The smallest absolute Gasteiger partial charge is 0.327 e. The van der Waals surface area contributed by atoms with Gasteiger partial charge in [0.2, 0.25) is 5.91 Å². The number of anilines is 1. The van der Waals surface area contributed by atoms with E-state index in [9.17, 15) is 18.0 Å². The second-order valence-electron chi connectivity index (χ2n) is 5.26. The lowest BCUT2D eigenvalue weighted by Gasteiger charge is -2.19. The van der Waals surface area contributed by atoms with Gasteiger partial charge in [-0.2, -0.15) is 8.42 Å². The van der Waals surface area contributed by atoms with Crippen molar-refractivity contribution in [2.24, 2.45) is 0 Å². The van der Waals surface area contributed by atoms with Crippen molar-refractivity contribution >= 4 is 27.7 Å². The van der Waals surface area contributed by atoms with Crippen LogP contribution in [0.1, 0.15) is 31.7 Å². The van der Waals surface area contributed by atoms with Crippen LogP contribution in [0.2, 0.25) is 0 Å². The average molecular weight is 358 g/mol. The molecule has 134 valence electrons. The monoisotopic (exact) mass is 358 g/mol. The van der Waals surface area contributed by atoms with Crippen molar-refractivity contribution in [2.45, 2.75) is 32.2 Å². The summed E-state index contributed by atoms with van der Waals surface area (Å²) in [5, 5.41) is 14.3. The number of amides is 1. The Kier molecular flexibility index (Phi) is 7.18. The highest BCUT2D eigenvalue weighted by Crippen LogP contribution is 2.22. The molecular weight excluding hydrogens is 336 g/mol. The van der Waals surface area contributed by atoms with Gasteiger partial charge in [0.25, 0.3) is 10.1 Å². The van der Waals surface area contributed by atoms with E-state index >= 15 is 0 Å². The molecule has 0 fully saturated rings. The minimum absolute atomic E-state index is 0.407. The molecule has 1 amide bonds. The van der Waals surface area contributed by atoms with Crippen molar-refractivity contribution in [1.29, 1.82) is 0 Å². The van der Waals surface area contributed by atoms with Crippen LogP contribution in [0.5, 0.6) is 0 Å². The van der Waals surface area contributed by atoms with Crippen molar-refractivity contribution in [1.82, 2.24) is 5.32 Å². The Bertz CT molecular complexity index is 672. The maximum absolute atomic E-state index is 12.3. The van der Waals surface area contributed by atoms with Gasteiger partial charge < -0.3 is 15.7 Å². The summed E-state index contributed by atoms with van der Waals surface area (Å²) in [6, 6.07) is 5.42. The summed E-state index contributed by atoms with van der Waals surface area (Å²) in [6.45, 7) is 4.48. The Balaban J connectivity index is 2.90. The number of carbonyl (C=O) groups is 2. The topological polar surface area (TPSA) is 133 Å². The Hall–Kier alpha value is -2.13. The van der Waals surface area contributed by atoms with Gasteiger partial charge in [-0.1, -0.05) is 19.1 Å². The van der Waals surface area contributed by atoms with Gasteiger partial charge in [0.15, 0.2) is 0 Å². The van der Waals surface area contributed by atoms with E-state index in [2.05, 4.69) is 10.6 Å². The van der Waals surface area contributed by atoms with Crippen LogP contribution in [0.4, 0.5) is 5.69 Å². The minimum Gasteiger partial charge on any atom is -0.480 e. The first-order valence-electron chi connectivity index (χ1n) is 7.50. The van der Waals surface area contributed by atoms with Gasteiger partial charge in [-0.15, -0.1) is 0 Å². The molecule has 0 saturated heterocycles. The molecule has 0 saturated carbocycles. The highest BCUT2D eigenvalue weighted by molar-refractivity contribution is 7.85. The van der Waals surface area contributed by atoms with Crippen LogP contribution in [0.3, 0.4) is 0 Å². The first kappa shape index (κ1) is 19.9. The number of benzene rings is 1. The summed E-state index contributed by atoms with van der Waals surface area (Å²) in [5.74, 6) is -3.84. The van der Waals surface area contributed by atoms with Crippen LogP contribution in [-0.2, 0) is 19.7 Å². The van der Waals surface area contributed by atoms with E-state index < -0.39 is 39.7 Å². The number of nitrogens with one attached hydrogen (secondary N) is 2. The molecule has 0 aromatic heterocycles. The first-order valence-corrected chi connectivity index (χ1v) is 9.11. The van der Waals surface area contributed by atoms with Gasteiger partial charge in [0.05, 0.1) is 5.92 Å². The zero-order valence-corrected chi connectivity index (χ0v) is 14.3. The van der Waals surface area contributed by atoms with E-state index in [1.54, 1.807) is 19.1 Å². The van der Waals surface area contributed by atoms with Crippen molar-refractivity contribution in [2.75, 3.05) is 17.6 Å². The van der Waals surface area contributed by atoms with E-state index in [0.717, 1.165) is 12.2 Å². The molecule has 2 unspecified atom stereocenters. The van der Waals surface area contributed by atoms with Crippen LogP contribution >= 0.6 is 0 Å². The quantitative estimate of drug-likeness (QED) is 0.485. The molecular formula is C15H22N2O6S. The molecule has 0 aliphatic rings. The summed E-state index contributed by atoms with van der Waals surface area (Å²) in [5.41, 5.74) is 1.58. The Morgan fingerprint density at radius 2 is 1.75 bits per heavy atom. The zero-order chi connectivity index (χ0) is 18.3. The predicted octanol–water partition coefficient (Wildman–Crippen LogP) is 1.07. The van der Waals surface area contributed by atoms with Gasteiger partial charge in [-0.25, -0.2) is 4.79 Å². The number of aliphatic carboxylic acids is 1. The fourth-order valence-electron chi connectivity index (χ4n) is 2.27. The van der Waals surface area contributed by atoms with Crippen LogP contribution < -0.4 is 10.6 Å². The number of hydrogen-bond acceptors (Lipinski definition) is 5. The van der Waals surface area contributed by atoms with Crippen molar-refractivity contribution in [3.05, 3.63) is 29.8 Å². The third-order valence-corrected chi connectivity index (χ3v) is 4.17. The van der Waals surface area contributed by atoms with Gasteiger partial charge in [-0.3, -0.25) is 9.35 Å². The highest BCUT2D eigenvalue weighted by Gasteiger charge is 2.28. The third kappa shape index (κ3) is 6.17. The highest BCUT2D eigenvalue weighted by atomic mass is 32.2. The average Bonchev–Trinajstić information content (AvgIpc) is 2.48. The molecule has 0 bridgehead atoms. The molecule has 0 radical (unpaired) electrons. The van der Waals surface area contributed by atoms with E-state index in [1.165, 1.54) is 0 Å². The van der Waals surface area contributed by atoms with Crippen molar-refractivity contribution < 1.29 is 27.7 Å². The normalized spacial score (nSPS) is 13.8. The number of carbonyl (C=O) groups excluding carboxylic acids is 1. The van der Waals surface area contributed by atoms with E-state index in [0.29, 0.717) is 12.0 Å². The van der Waals surface area contributed by atoms with Crippen LogP contribution in [0, 0.1) is 0 Å². The molecule has 2 atom stereocenters. The molecule has 0 aliphatic heterocycles. The molecule has 1 aromatic carbocycles. The lowest BCUT2D eigenvalue weighted by molar-refractivity contribution is -0.141. The molecule has 8 nitrogen and oxygen atoms in total. The van der Waals surface area contributed by atoms with Gasteiger partial charge >= 0.3 is 5.97 Å². The van der Waals surface area contributed by atoms with Crippen LogP contribution in [-0.4, -0.2) is 48.3 Å². The number of carboxylic acid groups (broad SMARTS) is 1. The van der Waals surface area contributed by atoms with Crippen LogP contribution in [0.15, 0.2) is 24.3 Å². The van der Waals surface area contributed by atoms with Gasteiger partial charge in [0.1, 0.15) is 11.8 Å². The van der Waals surface area contributed by atoms with Crippen molar-refractivity contribution in [3.63, 3.8) is 0 Å². The molecule has 9 heteroatoms. The summed E-state index contributed by atoms with van der Waals surface area (Å²) >= 11 is 0. The third-order valence-electron chi connectivity index (χ3n) is 3.41. The van der Waals surface area contributed by atoms with E-state index in [1.807, 2.05) is 19.1 Å². The van der Waals surface area contributed by atoms with E-state index in [4.69, 9.17) is 9.66 Å². The molecule has 24 heavy (non-hydrogen) atoms. The fourth-order valence-corrected chi connectivity index (χ4v) is 2.91. The minimum atomic E-state index is -4.53. The molecule has 1 aromatic rings. The molecule has 0 spiro atoms. The second-order valence-corrected chi connectivity index (χ2v) is 6.76. The van der Waals surface area contributed by atoms with Gasteiger partial charge in [0, 0.05) is 12.2 Å². The zero-order valence-electron chi connectivity index (χ0n) is 13.5. The summed E-state index contributed by atoms with van der Waals surface area (Å²) in [4.78, 5) is 23.4. The molecule has 1 rings (SSSR count). The summed E-state index contributed by atoms with van der Waals surface area (Å²) < 4.78 is 30.5. The Labute approximate surface area is 141 Å². The fraction of sp³-hybridized carbons (Fsp3) is 0.467. The maximum atomic E-state index is 12.3. The van der Waals surface area contributed by atoms with Gasteiger partial charge in [-0.05, 0) is 31.0 Å².